The van der Waals surface area contributed by atoms with Crippen molar-refractivity contribution in [1.82, 2.24) is 14.9 Å². The number of rotatable bonds is 5. The van der Waals surface area contributed by atoms with E-state index in [4.69, 9.17) is 21.9 Å². The Balaban J connectivity index is 1.69. The van der Waals surface area contributed by atoms with Crippen molar-refractivity contribution in [2.75, 3.05) is 12.0 Å². The number of ether oxygens (including phenoxy) is 1. The molecule has 4 aromatic rings. The maximum absolute atomic E-state index is 5.92. The van der Waals surface area contributed by atoms with Crippen LogP contribution < -0.4 is 15.0 Å². The molecule has 2 aromatic carbocycles. The van der Waals surface area contributed by atoms with Crippen molar-refractivity contribution in [2.24, 2.45) is 0 Å². The zero-order chi connectivity index (χ0) is 25.6. The molecule has 1 fully saturated rings. The van der Waals surface area contributed by atoms with Crippen LogP contribution in [0, 0.1) is 34.6 Å². The fourth-order valence-electron chi connectivity index (χ4n) is 5.65. The van der Waals surface area contributed by atoms with E-state index in [9.17, 15) is 0 Å². The van der Waals surface area contributed by atoms with E-state index in [2.05, 4.69) is 85.8 Å². The Bertz CT molecular complexity index is 1400. The molecule has 1 N–H and O–H groups in total. The van der Waals surface area contributed by atoms with E-state index in [1.807, 2.05) is 30.5 Å². The third-order valence-corrected chi connectivity index (χ3v) is 7.41. The second-order valence-corrected chi connectivity index (χ2v) is 9.99. The Morgan fingerprint density at radius 1 is 0.917 bits per heavy atom. The molecule has 36 heavy (non-hydrogen) atoms. The Hall–Kier alpha value is -3.64. The van der Waals surface area contributed by atoms with Gasteiger partial charge in [-0.2, -0.15) is 0 Å². The molecule has 1 aliphatic heterocycles. The number of benzene rings is 2. The minimum absolute atomic E-state index is 0.0631. The molecule has 2 aromatic heterocycles. The fraction of sp³-hybridized carbons (Fsp3) is 0.267. The lowest BCUT2D eigenvalue weighted by Crippen LogP contribution is -2.29. The smallest absolute Gasteiger partial charge is 0.174 e. The number of hydrogen-bond acceptors (Lipinski definition) is 3. The van der Waals surface area contributed by atoms with Crippen molar-refractivity contribution in [1.29, 1.82) is 0 Å². The normalized spacial score (nSPS) is 17.4. The molecule has 0 radical (unpaired) electrons. The molecule has 0 unspecified atom stereocenters. The highest BCUT2D eigenvalue weighted by Crippen LogP contribution is 2.44. The van der Waals surface area contributed by atoms with E-state index in [1.54, 1.807) is 7.11 Å². The minimum atomic E-state index is -0.0880. The van der Waals surface area contributed by atoms with Crippen molar-refractivity contribution in [3.63, 3.8) is 0 Å². The minimum Gasteiger partial charge on any atom is -0.497 e. The van der Waals surface area contributed by atoms with E-state index < -0.39 is 0 Å². The molecule has 184 valence electrons. The van der Waals surface area contributed by atoms with Gasteiger partial charge in [0.2, 0.25) is 0 Å². The molecule has 0 bridgehead atoms. The predicted molar refractivity (Wildman–Crippen MR) is 150 cm³/mol. The van der Waals surface area contributed by atoms with Crippen LogP contribution in [0.3, 0.4) is 0 Å². The van der Waals surface area contributed by atoms with Gasteiger partial charge in [0.1, 0.15) is 5.75 Å². The zero-order valence-electron chi connectivity index (χ0n) is 21.7. The first-order valence-corrected chi connectivity index (χ1v) is 12.6. The van der Waals surface area contributed by atoms with Crippen LogP contribution in [0.4, 0.5) is 5.69 Å². The van der Waals surface area contributed by atoms with E-state index >= 15 is 0 Å². The third-order valence-electron chi connectivity index (χ3n) is 7.10. The molecule has 0 saturated carbocycles. The second-order valence-electron chi connectivity index (χ2n) is 9.60. The summed E-state index contributed by atoms with van der Waals surface area (Å²) in [5, 5.41) is 4.26. The van der Waals surface area contributed by atoms with Gasteiger partial charge in [-0.05, 0) is 106 Å². The predicted octanol–water partition coefficient (Wildman–Crippen LogP) is 6.60. The summed E-state index contributed by atoms with van der Waals surface area (Å²) < 4.78 is 7.79. The number of aromatic nitrogens is 2. The van der Waals surface area contributed by atoms with Crippen LogP contribution >= 0.6 is 12.2 Å². The van der Waals surface area contributed by atoms with Gasteiger partial charge in [0.25, 0.3) is 0 Å². The third kappa shape index (κ3) is 4.05. The Morgan fingerprint density at radius 3 is 2.22 bits per heavy atom. The Kier molecular flexibility index (Phi) is 6.31. The van der Waals surface area contributed by atoms with Crippen LogP contribution in [0.2, 0.25) is 0 Å². The largest absolute Gasteiger partial charge is 0.497 e. The number of methoxy groups -OCH3 is 1. The topological polar surface area (TPSA) is 42.3 Å². The van der Waals surface area contributed by atoms with Gasteiger partial charge in [-0.25, -0.2) is 0 Å². The average Bonchev–Trinajstić information content (AvgIpc) is 3.35. The van der Waals surface area contributed by atoms with E-state index in [-0.39, 0.29) is 12.1 Å². The summed E-state index contributed by atoms with van der Waals surface area (Å²) in [5.41, 5.74) is 10.7. The monoisotopic (exact) mass is 496 g/mol. The van der Waals surface area contributed by atoms with Gasteiger partial charge >= 0.3 is 0 Å². The van der Waals surface area contributed by atoms with Crippen LogP contribution in [0.1, 0.15) is 51.4 Å². The van der Waals surface area contributed by atoms with Crippen molar-refractivity contribution in [3.05, 3.63) is 106 Å². The number of hydrogen-bond donors (Lipinski definition) is 1. The summed E-state index contributed by atoms with van der Waals surface area (Å²) >= 11 is 5.92. The highest BCUT2D eigenvalue weighted by molar-refractivity contribution is 7.80. The molecule has 3 heterocycles. The molecule has 0 amide bonds. The molecular formula is C30H32N4OS. The second kappa shape index (κ2) is 9.43. The molecule has 2 atom stereocenters. The average molecular weight is 497 g/mol. The summed E-state index contributed by atoms with van der Waals surface area (Å²) in [7, 11) is 1.68. The molecule has 1 saturated heterocycles. The number of nitrogens with one attached hydrogen (secondary N) is 1. The lowest BCUT2D eigenvalue weighted by Gasteiger charge is -2.28. The summed E-state index contributed by atoms with van der Waals surface area (Å²) in [4.78, 5) is 6.92. The molecule has 5 rings (SSSR count). The molecule has 0 spiro atoms. The van der Waals surface area contributed by atoms with Gasteiger partial charge in [-0.15, -0.1) is 0 Å². The van der Waals surface area contributed by atoms with E-state index in [0.717, 1.165) is 17.1 Å². The number of pyridine rings is 1. The Labute approximate surface area is 218 Å². The summed E-state index contributed by atoms with van der Waals surface area (Å²) in [6.07, 6.45) is 1.84. The summed E-state index contributed by atoms with van der Waals surface area (Å²) in [6.45, 7) is 10.9. The Morgan fingerprint density at radius 2 is 1.61 bits per heavy atom. The first-order chi connectivity index (χ1) is 17.3. The van der Waals surface area contributed by atoms with Crippen molar-refractivity contribution < 1.29 is 4.74 Å². The first-order valence-electron chi connectivity index (χ1n) is 12.2. The van der Waals surface area contributed by atoms with Crippen LogP contribution in [-0.4, -0.2) is 21.8 Å². The van der Waals surface area contributed by atoms with Gasteiger partial charge in [0.15, 0.2) is 5.11 Å². The van der Waals surface area contributed by atoms with Gasteiger partial charge < -0.3 is 19.5 Å². The SMILES string of the molecule is COc1ccc(N2C(=S)N[C@H](c3ccccn3)[C@H]2c2cc(C)n(-c3c(C)cc(C)cc3C)c2C)cc1. The first kappa shape index (κ1) is 24.1. The lowest BCUT2D eigenvalue weighted by molar-refractivity contribution is 0.415. The molecule has 6 heteroatoms. The number of aryl methyl sites for hydroxylation is 4. The van der Waals surface area contributed by atoms with Crippen LogP contribution in [-0.2, 0) is 0 Å². The van der Waals surface area contributed by atoms with Gasteiger partial charge in [-0.3, -0.25) is 4.98 Å². The number of thiocarbonyl (C=S) groups is 1. The quantitative estimate of drug-likeness (QED) is 0.315. The highest BCUT2D eigenvalue weighted by Gasteiger charge is 2.42. The molecule has 5 nitrogen and oxygen atoms in total. The lowest BCUT2D eigenvalue weighted by atomic mass is 9.96. The number of nitrogens with zero attached hydrogens (tertiary/aromatic N) is 3. The summed E-state index contributed by atoms with van der Waals surface area (Å²) in [6, 6.07) is 20.8. The van der Waals surface area contributed by atoms with E-state index in [0.29, 0.717) is 5.11 Å². The fourth-order valence-corrected chi connectivity index (χ4v) is 5.99. The van der Waals surface area contributed by atoms with Crippen molar-refractivity contribution >= 4 is 23.0 Å². The van der Waals surface area contributed by atoms with E-state index in [1.165, 1.54) is 39.3 Å². The van der Waals surface area contributed by atoms with Crippen molar-refractivity contribution in [3.8, 4) is 11.4 Å². The number of anilines is 1. The zero-order valence-corrected chi connectivity index (χ0v) is 22.5. The van der Waals surface area contributed by atoms with Gasteiger partial charge in [0, 0.05) is 23.3 Å². The standard InChI is InChI=1S/C30H32N4OS/c1-18-15-19(2)28(20(3)16-18)33-21(4)17-25(22(33)5)29-27(26-9-7-8-14-31-26)32-30(36)34(29)23-10-12-24(35-6)13-11-23/h7-17,27,29H,1-6H3,(H,32,36)/t27-,29-/m1/s1. The maximum atomic E-state index is 5.92. The molecule has 0 aliphatic carbocycles. The van der Waals surface area contributed by atoms with Gasteiger partial charge in [0.05, 0.1) is 30.6 Å². The van der Waals surface area contributed by atoms with Gasteiger partial charge in [-0.1, -0.05) is 23.8 Å². The molecule has 1 aliphatic rings. The maximum Gasteiger partial charge on any atom is 0.174 e. The molecular weight excluding hydrogens is 464 g/mol. The van der Waals surface area contributed by atoms with Crippen LogP contribution in [0.15, 0.2) is 66.9 Å². The summed E-state index contributed by atoms with van der Waals surface area (Å²) in [5.74, 6) is 0.818. The highest BCUT2D eigenvalue weighted by atomic mass is 32.1. The van der Waals surface area contributed by atoms with Crippen LogP contribution in [0.25, 0.3) is 5.69 Å². The van der Waals surface area contributed by atoms with Crippen molar-refractivity contribution in [2.45, 2.75) is 46.7 Å². The van der Waals surface area contributed by atoms with Crippen LogP contribution in [0.5, 0.6) is 5.75 Å².